The topological polar surface area (TPSA) is 113 Å². The lowest BCUT2D eigenvalue weighted by atomic mass is 10.1. The number of aromatic nitrogens is 2. The number of fused-ring (bicyclic) bond motifs is 1. The van der Waals surface area contributed by atoms with Gasteiger partial charge in [-0.3, -0.25) is 14.6 Å². The molecule has 2 heterocycles. The van der Waals surface area contributed by atoms with Crippen molar-refractivity contribution in [3.8, 4) is 0 Å². The van der Waals surface area contributed by atoms with Crippen LogP contribution in [0.25, 0.3) is 0 Å². The summed E-state index contributed by atoms with van der Waals surface area (Å²) in [5.74, 6) is 0.495. The predicted octanol–water partition coefficient (Wildman–Crippen LogP) is -0.463. The first-order chi connectivity index (χ1) is 7.61. The molecule has 7 nitrogen and oxygen atoms in total. The number of nitrogens with two attached hydrogens (primary N) is 1. The molecule has 1 aliphatic heterocycles. The summed E-state index contributed by atoms with van der Waals surface area (Å²) in [5.41, 5.74) is 5.30. The van der Waals surface area contributed by atoms with Crippen molar-refractivity contribution in [1.82, 2.24) is 9.97 Å². The van der Waals surface area contributed by atoms with Gasteiger partial charge in [0.25, 0.3) is 5.56 Å². The van der Waals surface area contributed by atoms with E-state index in [2.05, 4.69) is 20.6 Å². The first-order valence-corrected chi connectivity index (χ1v) is 5.04. The number of nitrogens with zero attached hydrogens (tertiary/aromatic N) is 1. The van der Waals surface area contributed by atoms with Gasteiger partial charge < -0.3 is 16.4 Å². The van der Waals surface area contributed by atoms with Gasteiger partial charge in [-0.15, -0.1) is 0 Å². The Kier molecular flexibility index (Phi) is 2.51. The van der Waals surface area contributed by atoms with E-state index in [4.69, 9.17) is 5.73 Å². The van der Waals surface area contributed by atoms with Gasteiger partial charge in [0.15, 0.2) is 11.6 Å². The molecule has 0 saturated carbocycles. The summed E-state index contributed by atoms with van der Waals surface area (Å²) >= 11 is 0. The summed E-state index contributed by atoms with van der Waals surface area (Å²) in [5, 5.41) is 5.78. The lowest BCUT2D eigenvalue weighted by Gasteiger charge is -2.25. The van der Waals surface area contributed by atoms with Crippen molar-refractivity contribution in [3.63, 3.8) is 0 Å². The van der Waals surface area contributed by atoms with Crippen LogP contribution in [0, 0.1) is 0 Å². The zero-order valence-electron chi connectivity index (χ0n) is 8.83. The maximum absolute atomic E-state index is 11.6. The molecule has 0 saturated heterocycles. The van der Waals surface area contributed by atoms with Crippen LogP contribution in [0.2, 0.25) is 0 Å². The summed E-state index contributed by atoms with van der Waals surface area (Å²) in [6, 6.07) is -0.385. The number of aromatic amines is 1. The van der Waals surface area contributed by atoms with Crippen LogP contribution in [0.3, 0.4) is 0 Å². The van der Waals surface area contributed by atoms with E-state index in [1.54, 1.807) is 6.92 Å². The summed E-state index contributed by atoms with van der Waals surface area (Å²) in [4.78, 5) is 29.4. The van der Waals surface area contributed by atoms with Crippen molar-refractivity contribution in [3.05, 3.63) is 10.4 Å². The van der Waals surface area contributed by atoms with E-state index in [0.717, 1.165) is 0 Å². The van der Waals surface area contributed by atoms with Crippen molar-refractivity contribution in [2.75, 3.05) is 22.9 Å². The highest BCUT2D eigenvalue weighted by Crippen LogP contribution is 2.20. The van der Waals surface area contributed by atoms with Crippen LogP contribution in [0.1, 0.15) is 13.3 Å². The molecule has 16 heavy (non-hydrogen) atoms. The van der Waals surface area contributed by atoms with E-state index >= 15 is 0 Å². The predicted molar refractivity (Wildman–Crippen MR) is 60.5 cm³/mol. The molecule has 0 aromatic carbocycles. The second-order valence-corrected chi connectivity index (χ2v) is 3.57. The fourth-order valence-corrected chi connectivity index (χ4v) is 1.62. The Morgan fingerprint density at radius 1 is 1.62 bits per heavy atom. The Balaban J connectivity index is 2.34. The molecule has 86 valence electrons. The third-order valence-electron chi connectivity index (χ3n) is 2.47. The van der Waals surface area contributed by atoms with Crippen molar-refractivity contribution in [2.24, 2.45) is 0 Å². The quantitative estimate of drug-likeness (QED) is 0.539. The molecule has 0 fully saturated rings. The second kappa shape index (κ2) is 3.84. The van der Waals surface area contributed by atoms with Gasteiger partial charge in [-0.1, -0.05) is 6.92 Å². The van der Waals surface area contributed by atoms with Gasteiger partial charge in [-0.25, -0.2) is 0 Å². The van der Waals surface area contributed by atoms with Crippen molar-refractivity contribution >= 4 is 23.2 Å². The normalized spacial score (nSPS) is 18.2. The number of carbonyl (C=O) groups is 1. The molecule has 2 rings (SSSR count). The molecular weight excluding hydrogens is 210 g/mol. The Bertz CT molecular complexity index is 481. The third kappa shape index (κ3) is 1.71. The number of rotatable bonds is 2. The van der Waals surface area contributed by atoms with E-state index < -0.39 is 0 Å². The summed E-state index contributed by atoms with van der Waals surface area (Å²) in [7, 11) is 0. The smallest absolute Gasteiger partial charge is 0.277 e. The molecule has 7 heteroatoms. The fourth-order valence-electron chi connectivity index (χ4n) is 1.62. The van der Waals surface area contributed by atoms with Gasteiger partial charge in [-0.2, -0.15) is 4.98 Å². The van der Waals surface area contributed by atoms with E-state index in [1.807, 2.05) is 0 Å². The van der Waals surface area contributed by atoms with Gasteiger partial charge in [0, 0.05) is 13.0 Å². The number of ketones is 1. The molecule has 0 spiro atoms. The van der Waals surface area contributed by atoms with Crippen LogP contribution in [0.5, 0.6) is 0 Å². The molecule has 0 amide bonds. The molecule has 1 aromatic heterocycles. The van der Waals surface area contributed by atoms with Crippen LogP contribution >= 0.6 is 0 Å². The van der Waals surface area contributed by atoms with Crippen molar-refractivity contribution in [1.29, 1.82) is 0 Å². The number of hydrogen-bond donors (Lipinski definition) is 4. The van der Waals surface area contributed by atoms with Crippen molar-refractivity contribution < 1.29 is 4.79 Å². The molecule has 5 N–H and O–H groups in total. The van der Waals surface area contributed by atoms with Gasteiger partial charge >= 0.3 is 0 Å². The minimum Gasteiger partial charge on any atom is -0.369 e. The number of H-pyrrole nitrogens is 1. The highest BCUT2D eigenvalue weighted by Gasteiger charge is 2.25. The number of carbonyl (C=O) groups excluding carboxylic acids is 1. The molecular formula is C9H13N5O2. The number of anilines is 3. The maximum Gasteiger partial charge on any atom is 0.277 e. The number of nitrogen functional groups attached to an aromatic ring is 1. The SMILES string of the molecule is CCC(=O)[C@H]1CNc2nc(N)[nH]c(=O)c2N1. The van der Waals surface area contributed by atoms with Gasteiger partial charge in [0.2, 0.25) is 5.95 Å². The van der Waals surface area contributed by atoms with E-state index in [9.17, 15) is 9.59 Å². The first kappa shape index (κ1) is 10.5. The highest BCUT2D eigenvalue weighted by atomic mass is 16.1. The van der Waals surface area contributed by atoms with Crippen LogP contribution in [-0.2, 0) is 4.79 Å². The molecule has 0 unspecified atom stereocenters. The lowest BCUT2D eigenvalue weighted by molar-refractivity contribution is -0.119. The molecule has 1 atom stereocenters. The van der Waals surface area contributed by atoms with E-state index in [1.165, 1.54) is 0 Å². The van der Waals surface area contributed by atoms with Gasteiger partial charge in [0.1, 0.15) is 11.7 Å². The van der Waals surface area contributed by atoms with Crippen LogP contribution in [0.15, 0.2) is 4.79 Å². The standard InChI is InChI=1S/C9H13N5O2/c1-2-5(15)4-3-11-7-6(12-4)8(16)14-9(10)13-7/h4,12H,2-3H2,1H3,(H4,10,11,13,14,16)/t4-/m1/s1. The molecule has 1 aliphatic rings. The van der Waals surface area contributed by atoms with Crippen molar-refractivity contribution in [2.45, 2.75) is 19.4 Å². The Labute approximate surface area is 91.5 Å². The van der Waals surface area contributed by atoms with Gasteiger partial charge in [0.05, 0.1) is 0 Å². The number of nitrogens with one attached hydrogen (secondary N) is 3. The molecule has 0 aliphatic carbocycles. The number of hydrogen-bond acceptors (Lipinski definition) is 6. The zero-order chi connectivity index (χ0) is 11.7. The zero-order valence-corrected chi connectivity index (χ0v) is 8.83. The van der Waals surface area contributed by atoms with Gasteiger partial charge in [-0.05, 0) is 0 Å². The Morgan fingerprint density at radius 3 is 3.06 bits per heavy atom. The minimum absolute atomic E-state index is 0.0503. The monoisotopic (exact) mass is 223 g/mol. The Morgan fingerprint density at radius 2 is 2.38 bits per heavy atom. The van der Waals surface area contributed by atoms with Crippen LogP contribution in [-0.4, -0.2) is 28.3 Å². The summed E-state index contributed by atoms with van der Waals surface area (Å²) in [6.07, 6.45) is 0.426. The largest absolute Gasteiger partial charge is 0.369 e. The summed E-state index contributed by atoms with van der Waals surface area (Å²) < 4.78 is 0. The van der Waals surface area contributed by atoms with E-state index in [0.29, 0.717) is 18.8 Å². The molecule has 0 radical (unpaired) electrons. The number of Topliss-reactive ketones (excluding diaryl/α,β-unsaturated/α-hetero) is 1. The minimum atomic E-state index is -0.385. The summed E-state index contributed by atoms with van der Waals surface area (Å²) in [6.45, 7) is 2.20. The lowest BCUT2D eigenvalue weighted by Crippen LogP contribution is -2.42. The maximum atomic E-state index is 11.6. The first-order valence-electron chi connectivity index (χ1n) is 5.04. The molecule has 0 bridgehead atoms. The Hall–Kier alpha value is -2.05. The average Bonchev–Trinajstić information content (AvgIpc) is 2.27. The van der Waals surface area contributed by atoms with Crippen LogP contribution in [0.4, 0.5) is 17.5 Å². The molecule has 1 aromatic rings. The fraction of sp³-hybridized carbons (Fsp3) is 0.444. The average molecular weight is 223 g/mol. The highest BCUT2D eigenvalue weighted by molar-refractivity contribution is 5.89. The van der Waals surface area contributed by atoms with Crippen LogP contribution < -0.4 is 21.9 Å². The third-order valence-corrected chi connectivity index (χ3v) is 2.47. The van der Waals surface area contributed by atoms with E-state index in [-0.39, 0.29) is 29.0 Å². The second-order valence-electron chi connectivity index (χ2n) is 3.57.